The van der Waals surface area contributed by atoms with Crippen LogP contribution < -0.4 is 29.0 Å². The van der Waals surface area contributed by atoms with E-state index in [0.717, 1.165) is 11.1 Å². The summed E-state index contributed by atoms with van der Waals surface area (Å²) >= 11 is 0. The molecule has 0 aliphatic rings. The molecule has 3 aromatic carbocycles. The molecule has 0 unspecified atom stereocenters. The van der Waals surface area contributed by atoms with Crippen LogP contribution in [0.15, 0.2) is 54.6 Å². The molecule has 0 saturated carbocycles. The highest BCUT2D eigenvalue weighted by atomic mass is 16.5. The second-order valence-electron chi connectivity index (χ2n) is 7.44. The fourth-order valence-electron chi connectivity index (χ4n) is 3.58. The maximum atomic E-state index is 12.8. The summed E-state index contributed by atoms with van der Waals surface area (Å²) in [5.74, 6) is 1.77. The Kier molecular flexibility index (Phi) is 8.83. The Labute approximate surface area is 210 Å². The van der Waals surface area contributed by atoms with Crippen LogP contribution in [0.4, 0.5) is 5.69 Å². The standard InChI is InChI=1S/C28H29NO7/c1-32-22-9-7-6-8-19(22)13-15-25(31)29-26-20(12-14-21(30)27(26)35-4)11-10-18-16-23(33-2)28(36-5)24(17-18)34-3/h6-17,30H,1-5H3,(H,29,31)/b11-10?,15-13+. The molecular formula is C28H29NO7. The molecule has 0 spiro atoms. The number of amides is 1. The molecule has 0 atom stereocenters. The normalized spacial score (nSPS) is 10.9. The van der Waals surface area contributed by atoms with Crippen LogP contribution in [0.25, 0.3) is 18.2 Å². The monoisotopic (exact) mass is 491 g/mol. The van der Waals surface area contributed by atoms with Crippen LogP contribution in [-0.4, -0.2) is 46.6 Å². The Morgan fingerprint density at radius 3 is 1.97 bits per heavy atom. The average Bonchev–Trinajstić information content (AvgIpc) is 2.91. The van der Waals surface area contributed by atoms with Gasteiger partial charge in [-0.1, -0.05) is 30.4 Å². The molecule has 0 saturated heterocycles. The highest BCUT2D eigenvalue weighted by Gasteiger charge is 2.16. The number of aromatic hydroxyl groups is 1. The zero-order valence-corrected chi connectivity index (χ0v) is 20.8. The van der Waals surface area contributed by atoms with Gasteiger partial charge < -0.3 is 34.1 Å². The zero-order valence-electron chi connectivity index (χ0n) is 20.8. The molecule has 0 fully saturated rings. The van der Waals surface area contributed by atoms with Crippen molar-refractivity contribution in [1.82, 2.24) is 0 Å². The Morgan fingerprint density at radius 2 is 1.36 bits per heavy atom. The number of phenolic OH excluding ortho intramolecular Hbond substituents is 1. The van der Waals surface area contributed by atoms with E-state index in [1.54, 1.807) is 51.7 Å². The molecule has 0 radical (unpaired) electrons. The minimum Gasteiger partial charge on any atom is -0.504 e. The smallest absolute Gasteiger partial charge is 0.248 e. The van der Waals surface area contributed by atoms with E-state index in [1.165, 1.54) is 26.4 Å². The van der Waals surface area contributed by atoms with Crippen molar-refractivity contribution < 1.29 is 33.6 Å². The molecule has 0 aromatic heterocycles. The highest BCUT2D eigenvalue weighted by Crippen LogP contribution is 2.40. The molecule has 3 aromatic rings. The van der Waals surface area contributed by atoms with E-state index in [1.807, 2.05) is 30.3 Å². The third-order valence-electron chi connectivity index (χ3n) is 5.32. The van der Waals surface area contributed by atoms with Gasteiger partial charge in [0.25, 0.3) is 0 Å². The summed E-state index contributed by atoms with van der Waals surface area (Å²) in [6.07, 6.45) is 6.63. The van der Waals surface area contributed by atoms with Crippen molar-refractivity contribution in [3.8, 4) is 34.5 Å². The molecule has 8 heteroatoms. The van der Waals surface area contributed by atoms with Gasteiger partial charge in [-0.3, -0.25) is 4.79 Å². The van der Waals surface area contributed by atoms with Gasteiger partial charge in [0.1, 0.15) is 5.75 Å². The SMILES string of the molecule is COc1ccccc1/C=C/C(=O)Nc1c(C=Cc2cc(OC)c(OC)c(OC)c2)ccc(O)c1OC. The first kappa shape index (κ1) is 26.0. The third-order valence-corrected chi connectivity index (χ3v) is 5.32. The van der Waals surface area contributed by atoms with E-state index in [9.17, 15) is 9.90 Å². The van der Waals surface area contributed by atoms with Crippen LogP contribution in [0, 0.1) is 0 Å². The number of nitrogens with one attached hydrogen (secondary N) is 1. The first-order valence-electron chi connectivity index (χ1n) is 11.0. The number of phenols is 1. The summed E-state index contributed by atoms with van der Waals surface area (Å²) in [5.41, 5.74) is 2.44. The number of methoxy groups -OCH3 is 5. The van der Waals surface area contributed by atoms with Crippen LogP contribution >= 0.6 is 0 Å². The van der Waals surface area contributed by atoms with Crippen LogP contribution in [0.3, 0.4) is 0 Å². The summed E-state index contributed by atoms with van der Waals surface area (Å²) in [4.78, 5) is 12.8. The predicted octanol–water partition coefficient (Wildman–Crippen LogP) is 5.26. The maximum Gasteiger partial charge on any atom is 0.248 e. The molecule has 0 bridgehead atoms. The Morgan fingerprint density at radius 1 is 0.722 bits per heavy atom. The van der Waals surface area contributed by atoms with Crippen molar-refractivity contribution in [3.05, 3.63) is 71.3 Å². The van der Waals surface area contributed by atoms with E-state index in [4.69, 9.17) is 23.7 Å². The van der Waals surface area contributed by atoms with E-state index in [2.05, 4.69) is 5.32 Å². The number of ether oxygens (including phenoxy) is 5. The van der Waals surface area contributed by atoms with E-state index in [0.29, 0.717) is 34.2 Å². The van der Waals surface area contributed by atoms with Crippen LogP contribution in [0.2, 0.25) is 0 Å². The summed E-state index contributed by atoms with van der Waals surface area (Å²) in [6.45, 7) is 0. The van der Waals surface area contributed by atoms with E-state index >= 15 is 0 Å². The highest BCUT2D eigenvalue weighted by molar-refractivity contribution is 6.05. The summed E-state index contributed by atoms with van der Waals surface area (Å²) in [5, 5.41) is 13.1. The van der Waals surface area contributed by atoms with Gasteiger partial charge in [0, 0.05) is 17.2 Å². The number of carbonyl (C=O) groups is 1. The van der Waals surface area contributed by atoms with Crippen molar-refractivity contribution in [2.45, 2.75) is 0 Å². The minimum absolute atomic E-state index is 0.105. The number of carbonyl (C=O) groups excluding carboxylic acids is 1. The number of rotatable bonds is 10. The van der Waals surface area contributed by atoms with Gasteiger partial charge >= 0.3 is 0 Å². The van der Waals surface area contributed by atoms with Gasteiger partial charge in [0.15, 0.2) is 23.0 Å². The molecule has 1 amide bonds. The van der Waals surface area contributed by atoms with Gasteiger partial charge in [-0.15, -0.1) is 0 Å². The first-order valence-corrected chi connectivity index (χ1v) is 11.0. The van der Waals surface area contributed by atoms with Crippen LogP contribution in [0.5, 0.6) is 34.5 Å². The fourth-order valence-corrected chi connectivity index (χ4v) is 3.58. The lowest BCUT2D eigenvalue weighted by atomic mass is 10.1. The summed E-state index contributed by atoms with van der Waals surface area (Å²) in [6, 6.07) is 14.1. The Hall–Kier alpha value is -4.59. The zero-order chi connectivity index (χ0) is 26.1. The maximum absolute atomic E-state index is 12.8. The van der Waals surface area contributed by atoms with Crippen molar-refractivity contribution >= 4 is 29.8 Å². The van der Waals surface area contributed by atoms with Crippen LogP contribution in [-0.2, 0) is 4.79 Å². The molecule has 3 rings (SSSR count). The topological polar surface area (TPSA) is 95.5 Å². The van der Waals surface area contributed by atoms with Crippen molar-refractivity contribution in [3.63, 3.8) is 0 Å². The fraction of sp³-hybridized carbons (Fsp3) is 0.179. The number of hydrogen-bond acceptors (Lipinski definition) is 7. The Balaban J connectivity index is 1.94. The van der Waals surface area contributed by atoms with Gasteiger partial charge in [0.05, 0.1) is 41.2 Å². The molecule has 36 heavy (non-hydrogen) atoms. The second kappa shape index (κ2) is 12.2. The van der Waals surface area contributed by atoms with Gasteiger partial charge in [-0.2, -0.15) is 0 Å². The first-order chi connectivity index (χ1) is 17.4. The lowest BCUT2D eigenvalue weighted by molar-refractivity contribution is -0.111. The van der Waals surface area contributed by atoms with Crippen molar-refractivity contribution in [1.29, 1.82) is 0 Å². The van der Waals surface area contributed by atoms with Gasteiger partial charge in [-0.25, -0.2) is 0 Å². The Bertz CT molecular complexity index is 1260. The lowest BCUT2D eigenvalue weighted by Gasteiger charge is -2.14. The minimum atomic E-state index is -0.410. The molecule has 8 nitrogen and oxygen atoms in total. The lowest BCUT2D eigenvalue weighted by Crippen LogP contribution is -2.10. The number of hydrogen-bond donors (Lipinski definition) is 2. The number of anilines is 1. The predicted molar refractivity (Wildman–Crippen MR) is 140 cm³/mol. The molecule has 0 aliphatic carbocycles. The van der Waals surface area contributed by atoms with Gasteiger partial charge in [0.2, 0.25) is 11.7 Å². The average molecular weight is 492 g/mol. The largest absolute Gasteiger partial charge is 0.504 e. The van der Waals surface area contributed by atoms with Crippen molar-refractivity contribution in [2.75, 3.05) is 40.9 Å². The van der Waals surface area contributed by atoms with Crippen LogP contribution in [0.1, 0.15) is 16.7 Å². The second-order valence-corrected chi connectivity index (χ2v) is 7.44. The van der Waals surface area contributed by atoms with Gasteiger partial charge in [-0.05, 0) is 42.0 Å². The third kappa shape index (κ3) is 5.90. The van der Waals surface area contributed by atoms with E-state index in [-0.39, 0.29) is 11.5 Å². The van der Waals surface area contributed by atoms with Crippen molar-refractivity contribution in [2.24, 2.45) is 0 Å². The number of para-hydroxylation sites is 1. The quantitative estimate of drug-likeness (QED) is 0.295. The molecule has 2 N–H and O–H groups in total. The number of benzene rings is 3. The van der Waals surface area contributed by atoms with E-state index < -0.39 is 5.91 Å². The molecular weight excluding hydrogens is 462 g/mol. The summed E-state index contributed by atoms with van der Waals surface area (Å²) in [7, 11) is 7.61. The molecule has 188 valence electrons. The summed E-state index contributed by atoms with van der Waals surface area (Å²) < 4.78 is 26.9. The molecule has 0 aliphatic heterocycles. The molecule has 0 heterocycles.